The summed E-state index contributed by atoms with van der Waals surface area (Å²) in [6, 6.07) is 17.7. The zero-order valence-corrected chi connectivity index (χ0v) is 31.8. The van der Waals surface area contributed by atoms with Crippen LogP contribution in [0.2, 0.25) is 0 Å². The lowest BCUT2D eigenvalue weighted by atomic mass is 10.1. The third-order valence-electron chi connectivity index (χ3n) is 8.44. The summed E-state index contributed by atoms with van der Waals surface area (Å²) in [4.78, 5) is 45.3. The fraction of sp³-hybridized carbons (Fsp3) is 0.447. The minimum absolute atomic E-state index is 0. The highest BCUT2D eigenvalue weighted by Gasteiger charge is 2.22. The lowest BCUT2D eigenvalue weighted by Gasteiger charge is -2.32. The van der Waals surface area contributed by atoms with E-state index in [2.05, 4.69) is 17.3 Å². The Hall–Kier alpha value is -4.03. The van der Waals surface area contributed by atoms with Crippen molar-refractivity contribution in [3.63, 3.8) is 0 Å². The van der Waals surface area contributed by atoms with Crippen molar-refractivity contribution in [1.29, 1.82) is 0 Å². The number of aryl methyl sites for hydroxylation is 1. The molecule has 3 N–H and O–H groups in total. The van der Waals surface area contributed by atoms with Crippen molar-refractivity contribution in [3.8, 4) is 17.2 Å². The first-order chi connectivity index (χ1) is 23.7. The zero-order chi connectivity index (χ0) is 35.2. The van der Waals surface area contributed by atoms with Gasteiger partial charge in [0.2, 0.25) is 5.91 Å². The number of amides is 3. The molecule has 0 aliphatic carbocycles. The first-order valence-electron chi connectivity index (χ1n) is 17.2. The predicted molar refractivity (Wildman–Crippen MR) is 208 cm³/mol. The van der Waals surface area contributed by atoms with Crippen molar-refractivity contribution < 1.29 is 28.6 Å². The number of carbonyl (C=O) groups excluding carboxylic acids is 3. The van der Waals surface area contributed by atoms with Gasteiger partial charge in [0.15, 0.2) is 0 Å². The first kappa shape index (κ1) is 43.1. The monoisotopic (exact) mass is 745 g/mol. The number of unbranched alkanes of at least 4 members (excludes halogenated alkanes) is 2. The second-order valence-electron chi connectivity index (χ2n) is 12.3. The van der Waals surface area contributed by atoms with Crippen molar-refractivity contribution in [2.24, 2.45) is 5.73 Å². The minimum atomic E-state index is -0.358. The second-order valence-corrected chi connectivity index (χ2v) is 12.3. The fourth-order valence-corrected chi connectivity index (χ4v) is 5.54. The Kier molecular flexibility index (Phi) is 18.6. The van der Waals surface area contributed by atoms with E-state index in [0.29, 0.717) is 79.0 Å². The number of ether oxygens (including phenoxy) is 3. The lowest BCUT2D eigenvalue weighted by molar-refractivity contribution is -0.132. The molecule has 4 rings (SSSR count). The Morgan fingerprint density at radius 1 is 0.824 bits per heavy atom. The van der Waals surface area contributed by atoms with Gasteiger partial charge in [-0.1, -0.05) is 18.2 Å². The maximum Gasteiger partial charge on any atom is 0.259 e. The molecular formula is C38H53Cl2N5O6. The predicted octanol–water partition coefficient (Wildman–Crippen LogP) is 6.21. The van der Waals surface area contributed by atoms with Gasteiger partial charge >= 0.3 is 0 Å². The second kappa shape index (κ2) is 22.0. The number of hydrogen-bond acceptors (Lipinski definition) is 8. The number of halogens is 2. The molecule has 0 radical (unpaired) electrons. The summed E-state index contributed by atoms with van der Waals surface area (Å²) in [5.74, 6) is 1.07. The van der Waals surface area contributed by atoms with Gasteiger partial charge in [0.05, 0.1) is 36.8 Å². The Morgan fingerprint density at radius 2 is 1.53 bits per heavy atom. The van der Waals surface area contributed by atoms with Gasteiger partial charge in [-0.3, -0.25) is 14.4 Å². The number of anilines is 2. The molecule has 0 saturated carbocycles. The van der Waals surface area contributed by atoms with Crippen LogP contribution >= 0.6 is 24.8 Å². The third-order valence-corrected chi connectivity index (χ3v) is 8.44. The summed E-state index contributed by atoms with van der Waals surface area (Å²) >= 11 is 0. The molecule has 280 valence electrons. The van der Waals surface area contributed by atoms with E-state index < -0.39 is 0 Å². The molecule has 13 heteroatoms. The van der Waals surface area contributed by atoms with Gasteiger partial charge in [-0.25, -0.2) is 0 Å². The van der Waals surface area contributed by atoms with Gasteiger partial charge in [-0.15, -0.1) is 24.8 Å². The summed E-state index contributed by atoms with van der Waals surface area (Å²) in [6.07, 6.45) is 3.73. The van der Waals surface area contributed by atoms with Crippen LogP contribution in [-0.4, -0.2) is 94.2 Å². The van der Waals surface area contributed by atoms with E-state index in [0.717, 1.165) is 51.0 Å². The molecule has 3 aromatic carbocycles. The highest BCUT2D eigenvalue weighted by molar-refractivity contribution is 6.09. The number of para-hydroxylation sites is 1. The molecule has 0 unspecified atom stereocenters. The number of hydrogen-bond donors (Lipinski definition) is 2. The molecule has 51 heavy (non-hydrogen) atoms. The molecule has 3 amide bonds. The van der Waals surface area contributed by atoms with Crippen LogP contribution in [0, 0.1) is 6.92 Å². The summed E-state index contributed by atoms with van der Waals surface area (Å²) in [5.41, 5.74) is 8.45. The van der Waals surface area contributed by atoms with Gasteiger partial charge in [0.25, 0.3) is 11.8 Å². The van der Waals surface area contributed by atoms with Crippen molar-refractivity contribution in [1.82, 2.24) is 9.80 Å². The fourth-order valence-electron chi connectivity index (χ4n) is 5.54. The average molecular weight is 747 g/mol. The highest BCUT2D eigenvalue weighted by Crippen LogP contribution is 2.32. The van der Waals surface area contributed by atoms with E-state index in [-0.39, 0.29) is 42.5 Å². The normalized spacial score (nSPS) is 12.6. The van der Waals surface area contributed by atoms with E-state index >= 15 is 0 Å². The minimum Gasteiger partial charge on any atom is -0.493 e. The Morgan fingerprint density at radius 3 is 2.25 bits per heavy atom. The van der Waals surface area contributed by atoms with Crippen molar-refractivity contribution >= 4 is 53.9 Å². The summed E-state index contributed by atoms with van der Waals surface area (Å²) < 4.78 is 17.8. The van der Waals surface area contributed by atoms with Crippen LogP contribution in [0.5, 0.6) is 17.2 Å². The summed E-state index contributed by atoms with van der Waals surface area (Å²) in [7, 11) is 3.79. The number of nitrogens with one attached hydrogen (secondary N) is 1. The summed E-state index contributed by atoms with van der Waals surface area (Å²) in [6.45, 7) is 8.99. The van der Waals surface area contributed by atoms with Crippen LogP contribution in [0.25, 0.3) is 0 Å². The summed E-state index contributed by atoms with van der Waals surface area (Å²) in [5, 5.41) is 2.91. The molecule has 0 bridgehead atoms. The molecular weight excluding hydrogens is 693 g/mol. The number of nitrogens with zero attached hydrogens (tertiary/aromatic N) is 3. The number of likely N-dealkylation sites (N-methyl/N-ethyl adjacent to an activating group) is 1. The molecule has 1 aliphatic rings. The standard InChI is InChI=1S/C38H51N5O6.2ClH/c1-5-47-34-27-29(16-17-31(34)40-37(45)30-12-8-9-13-33(30)48-25-11-19-39)38(46)42(4)32-18-15-28(2)26-35(32)49-24-10-6-7-14-36(44)43-22-20-41(3)21-23-43;;/h8-9,12-13,15-18,26-27H,5-7,10-11,14,19-25,39H2,1-4H3,(H,40,45);2*1H. The van der Waals surface area contributed by atoms with Crippen molar-refractivity contribution in [2.45, 2.75) is 46.0 Å². The van der Waals surface area contributed by atoms with Crippen molar-refractivity contribution in [3.05, 3.63) is 77.4 Å². The van der Waals surface area contributed by atoms with Gasteiger partial charge in [-0.05, 0) is 101 Å². The third kappa shape index (κ3) is 12.6. The lowest BCUT2D eigenvalue weighted by Crippen LogP contribution is -2.47. The van der Waals surface area contributed by atoms with Gasteiger partial charge < -0.3 is 40.0 Å². The van der Waals surface area contributed by atoms with Gasteiger partial charge in [-0.2, -0.15) is 0 Å². The molecule has 0 spiro atoms. The molecule has 1 aliphatic heterocycles. The molecule has 11 nitrogen and oxygen atoms in total. The highest BCUT2D eigenvalue weighted by atomic mass is 35.5. The van der Waals surface area contributed by atoms with E-state index in [4.69, 9.17) is 19.9 Å². The van der Waals surface area contributed by atoms with Gasteiger partial charge in [0.1, 0.15) is 17.2 Å². The molecule has 3 aromatic rings. The number of nitrogens with two attached hydrogens (primary N) is 1. The van der Waals surface area contributed by atoms with Crippen LogP contribution in [-0.2, 0) is 4.79 Å². The number of carbonyl (C=O) groups is 3. The quantitative estimate of drug-likeness (QED) is 0.156. The number of benzene rings is 3. The van der Waals surface area contributed by atoms with Crippen LogP contribution in [0.4, 0.5) is 11.4 Å². The number of rotatable bonds is 17. The Bertz CT molecular complexity index is 1570. The topological polar surface area (TPSA) is 127 Å². The maximum atomic E-state index is 13.8. The average Bonchev–Trinajstić information content (AvgIpc) is 3.10. The maximum absolute atomic E-state index is 13.8. The van der Waals surface area contributed by atoms with E-state index in [9.17, 15) is 14.4 Å². The Balaban J connectivity index is 0.00000451. The molecule has 1 heterocycles. The Labute approximate surface area is 314 Å². The van der Waals surface area contributed by atoms with Gasteiger partial charge in [0, 0.05) is 45.2 Å². The molecule has 0 atom stereocenters. The largest absolute Gasteiger partial charge is 0.493 e. The number of piperazine rings is 1. The van der Waals surface area contributed by atoms with E-state index in [1.807, 2.05) is 43.0 Å². The zero-order valence-electron chi connectivity index (χ0n) is 30.2. The smallest absolute Gasteiger partial charge is 0.259 e. The first-order valence-corrected chi connectivity index (χ1v) is 17.2. The van der Waals surface area contributed by atoms with E-state index in [1.54, 1.807) is 48.3 Å². The van der Waals surface area contributed by atoms with E-state index in [1.165, 1.54) is 0 Å². The van der Waals surface area contributed by atoms with Crippen LogP contribution in [0.3, 0.4) is 0 Å². The van der Waals surface area contributed by atoms with Crippen molar-refractivity contribution in [2.75, 3.05) is 76.9 Å². The van der Waals surface area contributed by atoms with Crippen LogP contribution in [0.15, 0.2) is 60.7 Å². The molecule has 1 fully saturated rings. The molecule has 0 aromatic heterocycles. The molecule has 1 saturated heterocycles. The SMILES string of the molecule is CCOc1cc(C(=O)N(C)c2ccc(C)cc2OCCCCCC(=O)N2CCN(C)CC2)ccc1NC(=O)c1ccccc1OCCCN.Cl.Cl. The van der Waals surface area contributed by atoms with Crippen LogP contribution < -0.4 is 30.2 Å². The van der Waals surface area contributed by atoms with Crippen LogP contribution in [0.1, 0.15) is 65.3 Å².